The molecule has 0 fully saturated rings. The van der Waals surface area contributed by atoms with Crippen LogP contribution in [0.1, 0.15) is 37.0 Å². The van der Waals surface area contributed by atoms with Gasteiger partial charge in [-0.15, -0.1) is 0 Å². The molecular weight excluding hydrogens is 282 g/mol. The van der Waals surface area contributed by atoms with Crippen LogP contribution in [0.5, 0.6) is 5.75 Å². The van der Waals surface area contributed by atoms with Crippen LogP contribution in [0.4, 0.5) is 0 Å². The van der Waals surface area contributed by atoms with Gasteiger partial charge >= 0.3 is 0 Å². The molecule has 1 N–H and O–H groups in total. The molecule has 1 aromatic carbocycles. The van der Waals surface area contributed by atoms with Crippen molar-refractivity contribution in [1.29, 1.82) is 0 Å². The van der Waals surface area contributed by atoms with E-state index in [1.807, 2.05) is 38.1 Å². The van der Waals surface area contributed by atoms with Gasteiger partial charge in [-0.05, 0) is 6.07 Å². The number of ether oxygens (including phenoxy) is 1. The summed E-state index contributed by atoms with van der Waals surface area (Å²) in [6.07, 6.45) is 0.808. The van der Waals surface area contributed by atoms with Crippen LogP contribution in [-0.2, 0) is 17.6 Å². The van der Waals surface area contributed by atoms with Crippen molar-refractivity contribution < 1.29 is 14.1 Å². The summed E-state index contributed by atoms with van der Waals surface area (Å²) in [5, 5.41) is 6.74. The molecule has 6 nitrogen and oxygen atoms in total. The number of hydrogen-bond acceptors (Lipinski definition) is 5. The molecule has 118 valence electrons. The highest BCUT2D eigenvalue weighted by molar-refractivity contribution is 5.79. The molecule has 6 heteroatoms. The Balaban J connectivity index is 1.80. The molecule has 22 heavy (non-hydrogen) atoms. The van der Waals surface area contributed by atoms with Gasteiger partial charge in [-0.3, -0.25) is 4.79 Å². The molecule has 0 saturated heterocycles. The fourth-order valence-electron chi connectivity index (χ4n) is 2.00. The third-order valence-corrected chi connectivity index (χ3v) is 3.20. The second kappa shape index (κ2) is 7.59. The Bertz CT molecular complexity index is 623. The van der Waals surface area contributed by atoms with E-state index in [4.69, 9.17) is 9.26 Å². The number of carbonyl (C=O) groups is 1. The van der Waals surface area contributed by atoms with Crippen molar-refractivity contribution in [3.05, 3.63) is 41.5 Å². The summed E-state index contributed by atoms with van der Waals surface area (Å²) >= 11 is 0. The summed E-state index contributed by atoms with van der Waals surface area (Å²) in [5.41, 5.74) is 0.863. The maximum atomic E-state index is 12.0. The Morgan fingerprint density at radius 1 is 1.36 bits per heavy atom. The minimum Gasteiger partial charge on any atom is -0.496 e. The van der Waals surface area contributed by atoms with Crippen molar-refractivity contribution in [3.63, 3.8) is 0 Å². The smallest absolute Gasteiger partial charge is 0.228 e. The number of rotatable bonds is 7. The quantitative estimate of drug-likeness (QED) is 0.847. The van der Waals surface area contributed by atoms with E-state index in [1.165, 1.54) is 0 Å². The number of benzene rings is 1. The van der Waals surface area contributed by atoms with Crippen LogP contribution >= 0.6 is 0 Å². The van der Waals surface area contributed by atoms with E-state index in [1.54, 1.807) is 7.11 Å². The van der Waals surface area contributed by atoms with Gasteiger partial charge in [0.1, 0.15) is 5.75 Å². The van der Waals surface area contributed by atoms with Crippen LogP contribution in [0.3, 0.4) is 0 Å². The van der Waals surface area contributed by atoms with E-state index in [0.29, 0.717) is 24.7 Å². The van der Waals surface area contributed by atoms with E-state index < -0.39 is 0 Å². The minimum atomic E-state index is -0.0619. The van der Waals surface area contributed by atoms with Crippen molar-refractivity contribution in [2.75, 3.05) is 13.7 Å². The maximum Gasteiger partial charge on any atom is 0.228 e. The van der Waals surface area contributed by atoms with Gasteiger partial charge in [-0.1, -0.05) is 37.2 Å². The zero-order chi connectivity index (χ0) is 15.9. The van der Waals surface area contributed by atoms with Crippen LogP contribution in [0.2, 0.25) is 0 Å². The normalized spacial score (nSPS) is 10.7. The first-order chi connectivity index (χ1) is 10.6. The predicted molar refractivity (Wildman–Crippen MR) is 81.8 cm³/mol. The van der Waals surface area contributed by atoms with Crippen molar-refractivity contribution >= 4 is 5.91 Å². The van der Waals surface area contributed by atoms with Crippen LogP contribution in [0, 0.1) is 0 Å². The van der Waals surface area contributed by atoms with Gasteiger partial charge in [0.25, 0.3) is 0 Å². The number of nitrogens with one attached hydrogen (secondary N) is 1. The lowest BCUT2D eigenvalue weighted by atomic mass is 10.1. The molecule has 0 atom stereocenters. The largest absolute Gasteiger partial charge is 0.496 e. The van der Waals surface area contributed by atoms with Crippen LogP contribution in [0.15, 0.2) is 28.8 Å². The predicted octanol–water partition coefficient (Wildman–Crippen LogP) is 2.10. The number of hydrogen-bond donors (Lipinski definition) is 1. The van der Waals surface area contributed by atoms with Crippen LogP contribution in [0.25, 0.3) is 0 Å². The zero-order valence-electron chi connectivity index (χ0n) is 13.1. The first-order valence-corrected chi connectivity index (χ1v) is 7.31. The molecule has 1 heterocycles. The Morgan fingerprint density at radius 2 is 2.14 bits per heavy atom. The topological polar surface area (TPSA) is 77.2 Å². The second-order valence-electron chi connectivity index (χ2n) is 5.29. The summed E-state index contributed by atoms with van der Waals surface area (Å²) in [6, 6.07) is 7.49. The Hall–Kier alpha value is -2.37. The lowest BCUT2D eigenvalue weighted by Gasteiger charge is -2.08. The summed E-state index contributed by atoms with van der Waals surface area (Å²) in [4.78, 5) is 16.2. The highest BCUT2D eigenvalue weighted by Crippen LogP contribution is 2.17. The molecule has 2 aromatic rings. The standard InChI is InChI=1S/C16H21N3O3/c1-11(2)16-18-15(22-19-16)8-9-17-14(20)10-12-6-4-5-7-13(12)21-3/h4-7,11H,8-10H2,1-3H3,(H,17,20). The summed E-state index contributed by atoms with van der Waals surface area (Å²) in [7, 11) is 1.60. The molecule has 1 aromatic heterocycles. The van der Waals surface area contributed by atoms with Gasteiger partial charge in [0, 0.05) is 24.4 Å². The Kier molecular flexibility index (Phi) is 5.52. The molecule has 0 unspecified atom stereocenters. The molecule has 0 aliphatic rings. The molecule has 0 bridgehead atoms. The highest BCUT2D eigenvalue weighted by atomic mass is 16.5. The van der Waals surface area contributed by atoms with Crippen LogP contribution < -0.4 is 10.1 Å². The maximum absolute atomic E-state index is 12.0. The van der Waals surface area contributed by atoms with Crippen molar-refractivity contribution in [2.24, 2.45) is 0 Å². The fraction of sp³-hybridized carbons (Fsp3) is 0.438. The average Bonchev–Trinajstić information content (AvgIpc) is 2.97. The van der Waals surface area contributed by atoms with E-state index >= 15 is 0 Å². The van der Waals surface area contributed by atoms with Gasteiger partial charge in [0.2, 0.25) is 11.8 Å². The third-order valence-electron chi connectivity index (χ3n) is 3.20. The molecule has 1 amide bonds. The lowest BCUT2D eigenvalue weighted by Crippen LogP contribution is -2.27. The van der Waals surface area contributed by atoms with Crippen molar-refractivity contribution in [1.82, 2.24) is 15.5 Å². The second-order valence-corrected chi connectivity index (χ2v) is 5.29. The molecule has 0 radical (unpaired) electrons. The Labute approximate surface area is 129 Å². The van der Waals surface area contributed by atoms with Crippen molar-refractivity contribution in [3.8, 4) is 5.75 Å². The fourth-order valence-corrected chi connectivity index (χ4v) is 2.00. The van der Waals surface area contributed by atoms with Gasteiger partial charge in [-0.2, -0.15) is 4.98 Å². The van der Waals surface area contributed by atoms with E-state index in [-0.39, 0.29) is 18.2 Å². The lowest BCUT2D eigenvalue weighted by molar-refractivity contribution is -0.120. The monoisotopic (exact) mass is 303 g/mol. The average molecular weight is 303 g/mol. The van der Waals surface area contributed by atoms with Crippen molar-refractivity contribution in [2.45, 2.75) is 32.6 Å². The van der Waals surface area contributed by atoms with E-state index in [2.05, 4.69) is 15.5 Å². The van der Waals surface area contributed by atoms with E-state index in [9.17, 15) is 4.79 Å². The highest BCUT2D eigenvalue weighted by Gasteiger charge is 2.11. The number of amides is 1. The first kappa shape index (κ1) is 16.0. The molecule has 2 rings (SSSR count). The van der Waals surface area contributed by atoms with Crippen LogP contribution in [-0.4, -0.2) is 29.7 Å². The molecule has 0 aliphatic carbocycles. The van der Waals surface area contributed by atoms with Gasteiger partial charge in [0.05, 0.1) is 13.5 Å². The molecular formula is C16H21N3O3. The number of carbonyl (C=O) groups excluding carboxylic acids is 1. The number of aromatic nitrogens is 2. The third kappa shape index (κ3) is 4.31. The van der Waals surface area contributed by atoms with Gasteiger partial charge in [0.15, 0.2) is 5.82 Å². The number of nitrogens with zero attached hydrogens (tertiary/aromatic N) is 2. The molecule has 0 saturated carbocycles. The number of para-hydroxylation sites is 1. The number of methoxy groups -OCH3 is 1. The summed E-state index contributed by atoms with van der Waals surface area (Å²) in [5.74, 6) is 2.12. The Morgan fingerprint density at radius 3 is 2.82 bits per heavy atom. The molecule has 0 aliphatic heterocycles. The summed E-state index contributed by atoms with van der Waals surface area (Å²) < 4.78 is 10.4. The zero-order valence-corrected chi connectivity index (χ0v) is 13.1. The van der Waals surface area contributed by atoms with E-state index in [0.717, 1.165) is 11.3 Å². The SMILES string of the molecule is COc1ccccc1CC(=O)NCCc1nc(C(C)C)no1. The van der Waals surface area contributed by atoms with Gasteiger partial charge < -0.3 is 14.6 Å². The minimum absolute atomic E-state index is 0.0619. The summed E-state index contributed by atoms with van der Waals surface area (Å²) in [6.45, 7) is 4.47. The molecule has 0 spiro atoms. The first-order valence-electron chi connectivity index (χ1n) is 7.31. The van der Waals surface area contributed by atoms with Gasteiger partial charge in [-0.25, -0.2) is 0 Å².